The molecule has 3 aromatic carbocycles. The largest absolute Gasteiger partial charge is 0.387 e. The summed E-state index contributed by atoms with van der Waals surface area (Å²) in [6.07, 6.45) is -1.12. The quantitative estimate of drug-likeness (QED) is 0.216. The van der Waals surface area contributed by atoms with E-state index >= 15 is 0 Å². The van der Waals surface area contributed by atoms with E-state index in [1.807, 2.05) is 91.0 Å². The van der Waals surface area contributed by atoms with Crippen LogP contribution >= 0.6 is 12.2 Å². The Hall–Kier alpha value is -3.73. The molecule has 0 radical (unpaired) electrons. The van der Waals surface area contributed by atoms with Crippen molar-refractivity contribution < 1.29 is 19.7 Å². The lowest BCUT2D eigenvalue weighted by Gasteiger charge is -2.37. The highest BCUT2D eigenvalue weighted by molar-refractivity contribution is 7.71. The first-order chi connectivity index (χ1) is 18.6. The Labute approximate surface area is 224 Å². The molecule has 0 aliphatic carbocycles. The summed E-state index contributed by atoms with van der Waals surface area (Å²) in [7, 11) is 0. The molecule has 192 valence electrons. The van der Waals surface area contributed by atoms with Crippen molar-refractivity contribution >= 4 is 23.4 Å². The van der Waals surface area contributed by atoms with Gasteiger partial charge in [0.05, 0.1) is 19.3 Å². The van der Waals surface area contributed by atoms with Crippen LogP contribution in [0.25, 0.3) is 11.2 Å². The van der Waals surface area contributed by atoms with Crippen LogP contribution in [0.5, 0.6) is 0 Å². The van der Waals surface area contributed by atoms with E-state index in [1.54, 1.807) is 4.57 Å². The first-order valence-corrected chi connectivity index (χ1v) is 12.7. The van der Waals surface area contributed by atoms with Gasteiger partial charge in [-0.15, -0.1) is 0 Å². The van der Waals surface area contributed by atoms with Gasteiger partial charge in [-0.2, -0.15) is 0 Å². The predicted molar refractivity (Wildman–Crippen MR) is 144 cm³/mol. The minimum absolute atomic E-state index is 0.0115. The molecule has 6 rings (SSSR count). The number of aromatic nitrogens is 4. The molecule has 38 heavy (non-hydrogen) atoms. The summed E-state index contributed by atoms with van der Waals surface area (Å²) >= 11 is 5.26. The van der Waals surface area contributed by atoms with E-state index in [2.05, 4.69) is 15.0 Å². The van der Waals surface area contributed by atoms with E-state index in [1.165, 1.54) is 12.7 Å². The first-order valence-electron chi connectivity index (χ1n) is 12.3. The van der Waals surface area contributed by atoms with Crippen molar-refractivity contribution in [3.05, 3.63) is 125 Å². The number of imidazole rings is 1. The maximum Gasteiger partial charge on any atom is 0.165 e. The smallest absolute Gasteiger partial charge is 0.165 e. The van der Waals surface area contributed by atoms with Gasteiger partial charge in [-0.3, -0.25) is 4.57 Å². The molecule has 0 spiro atoms. The summed E-state index contributed by atoms with van der Waals surface area (Å²) in [5.41, 5.74) is 2.86. The van der Waals surface area contributed by atoms with Crippen molar-refractivity contribution in [2.24, 2.45) is 0 Å². The number of aromatic amines is 1. The summed E-state index contributed by atoms with van der Waals surface area (Å²) < 4.78 is 15.0. The van der Waals surface area contributed by atoms with Crippen molar-refractivity contribution in [1.82, 2.24) is 19.5 Å². The molecule has 0 saturated carbocycles. The Bertz CT molecular complexity index is 1480. The van der Waals surface area contributed by atoms with Crippen molar-refractivity contribution in [3.63, 3.8) is 0 Å². The van der Waals surface area contributed by atoms with E-state index in [9.17, 15) is 10.2 Å². The summed E-state index contributed by atoms with van der Waals surface area (Å²) in [6, 6.07) is 29.9. The van der Waals surface area contributed by atoms with Crippen LogP contribution in [-0.2, 0) is 15.1 Å². The molecule has 1 fully saturated rings. The molecule has 1 aliphatic heterocycles. The van der Waals surface area contributed by atoms with E-state index in [-0.39, 0.29) is 6.61 Å². The summed E-state index contributed by atoms with van der Waals surface area (Å²) in [4.78, 5) is 11.4. The molecule has 8 nitrogen and oxygen atoms in total. The van der Waals surface area contributed by atoms with Crippen molar-refractivity contribution in [3.8, 4) is 0 Å². The Balaban J connectivity index is 1.37. The number of nitrogens with zero attached hydrogens (tertiary/aromatic N) is 3. The highest BCUT2D eigenvalue weighted by Gasteiger charge is 2.46. The molecule has 0 amide bonds. The molecule has 9 heteroatoms. The van der Waals surface area contributed by atoms with Crippen LogP contribution < -0.4 is 0 Å². The Morgan fingerprint density at radius 2 is 1.39 bits per heavy atom. The zero-order valence-electron chi connectivity index (χ0n) is 20.3. The number of ether oxygens (including phenoxy) is 2. The number of rotatable bonds is 7. The number of hydrogen-bond acceptors (Lipinski definition) is 7. The van der Waals surface area contributed by atoms with Gasteiger partial charge in [0, 0.05) is 0 Å². The van der Waals surface area contributed by atoms with Crippen LogP contribution in [0, 0.1) is 4.64 Å². The SMILES string of the molecule is OC1C(COC(c2ccccc2)(c2ccccc2)c2ccccc2)OC(n2cnc3c(=S)nc[nH]c32)C1O. The lowest BCUT2D eigenvalue weighted by molar-refractivity contribution is -0.0942. The topological polar surface area (TPSA) is 105 Å². The Morgan fingerprint density at radius 3 is 1.95 bits per heavy atom. The summed E-state index contributed by atoms with van der Waals surface area (Å²) in [6.45, 7) is 0.0115. The molecule has 3 heterocycles. The fraction of sp³-hybridized carbons (Fsp3) is 0.207. The van der Waals surface area contributed by atoms with Gasteiger partial charge < -0.3 is 24.7 Å². The molecular weight excluding hydrogens is 500 g/mol. The fourth-order valence-electron chi connectivity index (χ4n) is 5.14. The van der Waals surface area contributed by atoms with Crippen LogP contribution in [0.1, 0.15) is 22.9 Å². The van der Waals surface area contributed by atoms with Crippen LogP contribution in [0.3, 0.4) is 0 Å². The van der Waals surface area contributed by atoms with Gasteiger partial charge >= 0.3 is 0 Å². The molecule has 4 atom stereocenters. The molecule has 5 aromatic rings. The van der Waals surface area contributed by atoms with Gasteiger partial charge in [0.15, 0.2) is 10.9 Å². The standard InChI is InChI=1S/C29H26N4O4S/c34-24-22(37-28(25(24)35)33-18-32-23-26(33)30-17-31-27(23)38)16-36-29(19-10-4-1-5-11-19,20-12-6-2-7-13-20)21-14-8-3-9-15-21/h1-15,17-18,22,24-25,28,34-35H,16H2,(H,30,31,38). The molecule has 2 aromatic heterocycles. The van der Waals surface area contributed by atoms with E-state index in [0.29, 0.717) is 15.8 Å². The molecule has 3 N–H and O–H groups in total. The highest BCUT2D eigenvalue weighted by Crippen LogP contribution is 2.41. The fourth-order valence-corrected chi connectivity index (χ4v) is 5.34. The maximum absolute atomic E-state index is 11.0. The second kappa shape index (κ2) is 10.2. The van der Waals surface area contributed by atoms with Crippen molar-refractivity contribution in [2.45, 2.75) is 30.1 Å². The molecule has 1 aliphatic rings. The molecule has 4 unspecified atom stereocenters. The third-order valence-electron chi connectivity index (χ3n) is 7.00. The second-order valence-corrected chi connectivity index (χ2v) is 9.58. The number of fused-ring (bicyclic) bond motifs is 1. The zero-order chi connectivity index (χ0) is 26.1. The number of benzene rings is 3. The molecular formula is C29H26N4O4S. The summed E-state index contributed by atoms with van der Waals surface area (Å²) in [5, 5.41) is 22.0. The van der Waals surface area contributed by atoms with Gasteiger partial charge in [0.1, 0.15) is 35.1 Å². The minimum atomic E-state index is -1.21. The van der Waals surface area contributed by atoms with Gasteiger partial charge in [0.2, 0.25) is 0 Å². The van der Waals surface area contributed by atoms with Gasteiger partial charge in [-0.25, -0.2) is 9.97 Å². The molecule has 0 bridgehead atoms. The number of hydrogen-bond donors (Lipinski definition) is 3. The van der Waals surface area contributed by atoms with Crippen LogP contribution in [0.4, 0.5) is 0 Å². The normalized spacial score (nSPS) is 21.6. The van der Waals surface area contributed by atoms with Crippen LogP contribution in [0.15, 0.2) is 104 Å². The van der Waals surface area contributed by atoms with Crippen LogP contribution in [-0.4, -0.2) is 54.7 Å². The third kappa shape index (κ3) is 4.14. The van der Waals surface area contributed by atoms with Crippen LogP contribution in [0.2, 0.25) is 0 Å². The van der Waals surface area contributed by atoms with E-state index in [4.69, 9.17) is 21.7 Å². The third-order valence-corrected chi connectivity index (χ3v) is 7.29. The lowest BCUT2D eigenvalue weighted by atomic mass is 9.80. The summed E-state index contributed by atoms with van der Waals surface area (Å²) in [5.74, 6) is 0. The Morgan fingerprint density at radius 1 is 0.842 bits per heavy atom. The predicted octanol–water partition coefficient (Wildman–Crippen LogP) is 4.12. The van der Waals surface area contributed by atoms with Gasteiger partial charge in [-0.05, 0) is 16.7 Å². The monoisotopic (exact) mass is 526 g/mol. The molecule has 1 saturated heterocycles. The van der Waals surface area contributed by atoms with Gasteiger partial charge in [-0.1, -0.05) is 103 Å². The van der Waals surface area contributed by atoms with Crippen molar-refractivity contribution in [1.29, 1.82) is 0 Å². The first kappa shape index (κ1) is 24.6. The minimum Gasteiger partial charge on any atom is -0.387 e. The average molecular weight is 527 g/mol. The number of H-pyrrole nitrogens is 1. The van der Waals surface area contributed by atoms with Crippen molar-refractivity contribution in [2.75, 3.05) is 6.61 Å². The lowest BCUT2D eigenvalue weighted by Crippen LogP contribution is -2.39. The van der Waals surface area contributed by atoms with E-state index in [0.717, 1.165) is 16.7 Å². The number of aliphatic hydroxyl groups excluding tert-OH is 2. The van der Waals surface area contributed by atoms with Gasteiger partial charge in [0.25, 0.3) is 0 Å². The van der Waals surface area contributed by atoms with E-state index < -0.39 is 30.1 Å². The highest BCUT2D eigenvalue weighted by atomic mass is 32.1. The zero-order valence-corrected chi connectivity index (χ0v) is 21.1. The average Bonchev–Trinajstić information content (AvgIpc) is 3.52. The number of aliphatic hydroxyl groups is 2. The maximum atomic E-state index is 11.0. The Kier molecular flexibility index (Phi) is 6.61. The second-order valence-electron chi connectivity index (χ2n) is 9.19. The number of nitrogens with one attached hydrogen (secondary N) is 1.